The van der Waals surface area contributed by atoms with E-state index >= 15 is 0 Å². The number of hydrogen-bond acceptors (Lipinski definition) is 3. The molecule has 120 valence electrons. The van der Waals surface area contributed by atoms with Gasteiger partial charge in [-0.2, -0.15) is 0 Å². The number of methoxy groups -OCH3 is 1. The lowest BCUT2D eigenvalue weighted by atomic mass is 9.64. The molecule has 1 fully saturated rings. The third-order valence-corrected chi connectivity index (χ3v) is 4.06. The molecule has 0 bridgehead atoms. The average Bonchev–Trinajstić information content (AvgIpc) is 2.44. The highest BCUT2D eigenvalue weighted by Crippen LogP contribution is 2.44. The van der Waals surface area contributed by atoms with Crippen LogP contribution in [0.25, 0.3) is 0 Å². The molecule has 5 nitrogen and oxygen atoms in total. The van der Waals surface area contributed by atoms with Gasteiger partial charge in [-0.25, -0.2) is 4.39 Å². The standard InChI is InChI=1S/C16H21FN2O3/c1-22-9-8-18-14(20)11-19-15(21)16(6-3-7-16)12-4-2-5-13(17)10-12/h2,4-5,10H,3,6-9,11H2,1H3,(H,18,20)(H,19,21). The first-order valence-electron chi connectivity index (χ1n) is 7.38. The van der Waals surface area contributed by atoms with Crippen LogP contribution in [0.2, 0.25) is 0 Å². The number of nitrogens with one attached hydrogen (secondary N) is 2. The first kappa shape index (κ1) is 16.4. The molecule has 0 atom stereocenters. The molecule has 1 saturated carbocycles. The second-order valence-electron chi connectivity index (χ2n) is 5.47. The number of hydrogen-bond donors (Lipinski definition) is 2. The second kappa shape index (κ2) is 7.35. The molecule has 6 heteroatoms. The highest BCUT2D eigenvalue weighted by atomic mass is 19.1. The molecule has 0 aromatic heterocycles. The molecule has 0 heterocycles. The van der Waals surface area contributed by atoms with Crippen LogP contribution < -0.4 is 10.6 Å². The van der Waals surface area contributed by atoms with Gasteiger partial charge in [0.1, 0.15) is 5.82 Å². The smallest absolute Gasteiger partial charge is 0.239 e. The van der Waals surface area contributed by atoms with E-state index in [1.807, 2.05) is 0 Å². The Bertz CT molecular complexity index is 544. The van der Waals surface area contributed by atoms with Gasteiger partial charge in [0, 0.05) is 13.7 Å². The quantitative estimate of drug-likeness (QED) is 0.742. The lowest BCUT2D eigenvalue weighted by molar-refractivity contribution is -0.132. The van der Waals surface area contributed by atoms with Gasteiger partial charge < -0.3 is 15.4 Å². The van der Waals surface area contributed by atoms with Crippen molar-refractivity contribution in [3.05, 3.63) is 35.6 Å². The molecular formula is C16H21FN2O3. The summed E-state index contributed by atoms with van der Waals surface area (Å²) in [6, 6.07) is 6.13. The van der Waals surface area contributed by atoms with E-state index in [2.05, 4.69) is 10.6 Å². The number of carbonyl (C=O) groups is 2. The van der Waals surface area contributed by atoms with Gasteiger partial charge in [-0.1, -0.05) is 18.6 Å². The van der Waals surface area contributed by atoms with Gasteiger partial charge in [-0.15, -0.1) is 0 Å². The van der Waals surface area contributed by atoms with E-state index in [-0.39, 0.29) is 24.2 Å². The molecule has 2 N–H and O–H groups in total. The first-order valence-corrected chi connectivity index (χ1v) is 7.38. The van der Waals surface area contributed by atoms with Crippen LogP contribution in [0.4, 0.5) is 4.39 Å². The number of halogens is 1. The largest absolute Gasteiger partial charge is 0.383 e. The Morgan fingerprint density at radius 1 is 1.32 bits per heavy atom. The third kappa shape index (κ3) is 3.62. The van der Waals surface area contributed by atoms with Crippen LogP contribution in [0.3, 0.4) is 0 Å². The molecule has 1 aromatic carbocycles. The van der Waals surface area contributed by atoms with Crippen molar-refractivity contribution in [2.45, 2.75) is 24.7 Å². The molecule has 22 heavy (non-hydrogen) atoms. The third-order valence-electron chi connectivity index (χ3n) is 4.06. The van der Waals surface area contributed by atoms with Gasteiger partial charge in [-0.05, 0) is 30.5 Å². The van der Waals surface area contributed by atoms with E-state index < -0.39 is 5.41 Å². The highest BCUT2D eigenvalue weighted by molar-refractivity contribution is 5.92. The van der Waals surface area contributed by atoms with Crippen molar-refractivity contribution in [1.82, 2.24) is 10.6 Å². The van der Waals surface area contributed by atoms with Crippen molar-refractivity contribution in [3.8, 4) is 0 Å². The summed E-state index contributed by atoms with van der Waals surface area (Å²) in [6.45, 7) is 0.743. The molecule has 0 aliphatic heterocycles. The summed E-state index contributed by atoms with van der Waals surface area (Å²) in [4.78, 5) is 24.1. The zero-order valence-corrected chi connectivity index (χ0v) is 12.7. The summed E-state index contributed by atoms with van der Waals surface area (Å²) in [6.07, 6.45) is 2.27. The SMILES string of the molecule is COCCNC(=O)CNC(=O)C1(c2cccc(F)c2)CCC1. The molecular weight excluding hydrogens is 287 g/mol. The van der Waals surface area contributed by atoms with Gasteiger partial charge >= 0.3 is 0 Å². The minimum Gasteiger partial charge on any atom is -0.383 e. The topological polar surface area (TPSA) is 67.4 Å². The van der Waals surface area contributed by atoms with Crippen LogP contribution in [0.1, 0.15) is 24.8 Å². The van der Waals surface area contributed by atoms with Crippen LogP contribution in [-0.2, 0) is 19.7 Å². The van der Waals surface area contributed by atoms with Crippen molar-refractivity contribution < 1.29 is 18.7 Å². The Balaban J connectivity index is 1.94. The van der Waals surface area contributed by atoms with E-state index in [0.717, 1.165) is 6.42 Å². The van der Waals surface area contributed by atoms with Gasteiger partial charge in [0.2, 0.25) is 11.8 Å². The van der Waals surface area contributed by atoms with Crippen LogP contribution in [0, 0.1) is 5.82 Å². The fraction of sp³-hybridized carbons (Fsp3) is 0.500. The normalized spacial score (nSPS) is 15.7. The summed E-state index contributed by atoms with van der Waals surface area (Å²) in [7, 11) is 1.55. The van der Waals surface area contributed by atoms with Crippen molar-refractivity contribution in [1.29, 1.82) is 0 Å². The first-order chi connectivity index (χ1) is 10.6. The van der Waals surface area contributed by atoms with Crippen molar-refractivity contribution in [2.75, 3.05) is 26.8 Å². The monoisotopic (exact) mass is 308 g/mol. The van der Waals surface area contributed by atoms with E-state index in [1.165, 1.54) is 12.1 Å². The van der Waals surface area contributed by atoms with Gasteiger partial charge in [0.05, 0.1) is 18.6 Å². The zero-order chi connectivity index (χ0) is 16.0. The minimum atomic E-state index is -0.699. The molecule has 0 radical (unpaired) electrons. The molecule has 0 unspecified atom stereocenters. The Morgan fingerprint density at radius 2 is 2.09 bits per heavy atom. The van der Waals surface area contributed by atoms with E-state index in [4.69, 9.17) is 4.74 Å². The lowest BCUT2D eigenvalue weighted by Crippen LogP contribution is -2.51. The summed E-state index contributed by atoms with van der Waals surface area (Å²) in [5, 5.41) is 5.29. The van der Waals surface area contributed by atoms with Gasteiger partial charge in [0.25, 0.3) is 0 Å². The van der Waals surface area contributed by atoms with Crippen LogP contribution in [0.15, 0.2) is 24.3 Å². The molecule has 1 aromatic rings. The van der Waals surface area contributed by atoms with Crippen molar-refractivity contribution in [2.24, 2.45) is 0 Å². The minimum absolute atomic E-state index is 0.0837. The fourth-order valence-electron chi connectivity index (χ4n) is 2.65. The molecule has 2 amide bonds. The summed E-state index contributed by atoms with van der Waals surface area (Å²) in [5.74, 6) is -0.834. The molecule has 1 aliphatic rings. The number of amides is 2. The molecule has 0 spiro atoms. The Kier molecular flexibility index (Phi) is 5.49. The van der Waals surface area contributed by atoms with Gasteiger partial charge in [-0.3, -0.25) is 9.59 Å². The average molecular weight is 308 g/mol. The molecule has 0 saturated heterocycles. The maximum absolute atomic E-state index is 13.4. The Hall–Kier alpha value is -1.95. The maximum atomic E-state index is 13.4. The van der Waals surface area contributed by atoms with Gasteiger partial charge in [0.15, 0.2) is 0 Å². The fourth-order valence-corrected chi connectivity index (χ4v) is 2.65. The summed E-state index contributed by atoms with van der Waals surface area (Å²) in [5.41, 5.74) is -0.0226. The lowest BCUT2D eigenvalue weighted by Gasteiger charge is -2.40. The second-order valence-corrected chi connectivity index (χ2v) is 5.47. The number of benzene rings is 1. The van der Waals surface area contributed by atoms with E-state index in [0.29, 0.717) is 31.6 Å². The maximum Gasteiger partial charge on any atom is 0.239 e. The van der Waals surface area contributed by atoms with Crippen molar-refractivity contribution in [3.63, 3.8) is 0 Å². The van der Waals surface area contributed by atoms with E-state index in [9.17, 15) is 14.0 Å². The van der Waals surface area contributed by atoms with Crippen LogP contribution in [0.5, 0.6) is 0 Å². The van der Waals surface area contributed by atoms with Crippen LogP contribution >= 0.6 is 0 Å². The number of rotatable bonds is 7. The summed E-state index contributed by atoms with van der Waals surface area (Å²) < 4.78 is 18.2. The predicted molar refractivity (Wildman–Crippen MR) is 79.8 cm³/mol. The zero-order valence-electron chi connectivity index (χ0n) is 12.7. The Labute approximate surface area is 129 Å². The highest BCUT2D eigenvalue weighted by Gasteiger charge is 2.45. The number of ether oxygens (including phenoxy) is 1. The van der Waals surface area contributed by atoms with Crippen LogP contribution in [-0.4, -0.2) is 38.6 Å². The van der Waals surface area contributed by atoms with Crippen molar-refractivity contribution >= 4 is 11.8 Å². The molecule has 1 aliphatic carbocycles. The number of carbonyl (C=O) groups excluding carboxylic acids is 2. The Morgan fingerprint density at radius 3 is 2.68 bits per heavy atom. The van der Waals surface area contributed by atoms with E-state index in [1.54, 1.807) is 19.2 Å². The molecule has 2 rings (SSSR count). The summed E-state index contributed by atoms with van der Waals surface area (Å²) >= 11 is 0. The predicted octanol–water partition coefficient (Wildman–Crippen LogP) is 1.13.